The molecule has 0 saturated heterocycles. The molecule has 95 valence electrons. The summed E-state index contributed by atoms with van der Waals surface area (Å²) in [5, 5.41) is 0. The van der Waals surface area contributed by atoms with E-state index in [4.69, 9.17) is 12.2 Å². The molecular weight excluding hydrogens is 274 g/mol. The van der Waals surface area contributed by atoms with Crippen LogP contribution in [0.3, 0.4) is 0 Å². The normalized spacial score (nSPS) is 9.53. The quantitative estimate of drug-likeness (QED) is 0.313. The van der Waals surface area contributed by atoms with E-state index in [2.05, 4.69) is 31.4 Å². The van der Waals surface area contributed by atoms with E-state index in [1.54, 1.807) is 0 Å². The third kappa shape index (κ3) is 11.0. The maximum Gasteiger partial charge on any atom is 0.133 e. The van der Waals surface area contributed by atoms with E-state index < -0.39 is 0 Å². The second kappa shape index (κ2) is 12.8. The molecule has 4 heteroatoms. The van der Waals surface area contributed by atoms with Gasteiger partial charge in [-0.2, -0.15) is 0 Å². The van der Waals surface area contributed by atoms with Crippen molar-refractivity contribution >= 4 is 29.2 Å². The second-order valence-corrected chi connectivity index (χ2v) is 4.80. The molecule has 0 aliphatic heterocycles. The number of unbranched alkanes of at least 4 members (excludes halogenated alkanes) is 4. The van der Waals surface area contributed by atoms with Crippen LogP contribution in [0.1, 0.15) is 52.4 Å². The summed E-state index contributed by atoms with van der Waals surface area (Å²) >= 11 is 9.36. The minimum absolute atomic E-state index is 0. The van der Waals surface area contributed by atoms with Crippen molar-refractivity contribution in [1.82, 2.24) is 4.90 Å². The number of nitrogens with zero attached hydrogens (tertiary/aromatic N) is 1. The number of thiol groups is 1. The zero-order valence-electron chi connectivity index (χ0n) is 9.76. The summed E-state index contributed by atoms with van der Waals surface area (Å²) in [6, 6.07) is 0. The van der Waals surface area contributed by atoms with Crippen LogP contribution < -0.4 is 0 Å². The molecule has 15 heavy (non-hydrogen) atoms. The fourth-order valence-corrected chi connectivity index (χ4v) is 1.79. The van der Waals surface area contributed by atoms with Gasteiger partial charge in [0.2, 0.25) is 0 Å². The third-order valence-electron chi connectivity index (χ3n) is 2.33. The predicted molar refractivity (Wildman–Crippen MR) is 72.2 cm³/mol. The van der Waals surface area contributed by atoms with Crippen molar-refractivity contribution in [1.29, 1.82) is 0 Å². The smallest absolute Gasteiger partial charge is 0.133 e. The fourth-order valence-electron chi connectivity index (χ4n) is 1.41. The van der Waals surface area contributed by atoms with Crippen LogP contribution in [0.2, 0.25) is 0 Å². The van der Waals surface area contributed by atoms with Crippen molar-refractivity contribution in [3.63, 3.8) is 0 Å². The summed E-state index contributed by atoms with van der Waals surface area (Å²) < 4.78 is 0.761. The Balaban J connectivity index is 0. The van der Waals surface area contributed by atoms with Crippen LogP contribution in [0.5, 0.6) is 0 Å². The van der Waals surface area contributed by atoms with Gasteiger partial charge in [0.15, 0.2) is 0 Å². The Bertz CT molecular complexity index is 144. The second-order valence-electron chi connectivity index (χ2n) is 3.68. The zero-order chi connectivity index (χ0) is 10.8. The summed E-state index contributed by atoms with van der Waals surface area (Å²) in [4.78, 5) is 2.23. The van der Waals surface area contributed by atoms with Crippen molar-refractivity contribution in [2.24, 2.45) is 0 Å². The van der Waals surface area contributed by atoms with Crippen LogP contribution in [-0.4, -0.2) is 22.3 Å². The predicted octanol–water partition coefficient (Wildman–Crippen LogP) is 3.88. The molecule has 0 amide bonds. The summed E-state index contributed by atoms with van der Waals surface area (Å²) in [5.74, 6) is 0. The molecule has 0 aliphatic rings. The Kier molecular flexibility index (Phi) is 15.5. The summed E-state index contributed by atoms with van der Waals surface area (Å²) in [6.07, 6.45) is 7.60. The van der Waals surface area contributed by atoms with Gasteiger partial charge in [0.05, 0.1) is 0 Å². The van der Waals surface area contributed by atoms with Gasteiger partial charge in [0.1, 0.15) is 4.32 Å². The molecule has 0 N–H and O–H groups in total. The number of thiocarbonyl (C=S) groups is 1. The van der Waals surface area contributed by atoms with Crippen LogP contribution in [-0.2, 0) is 17.1 Å². The molecule has 0 fully saturated rings. The maximum absolute atomic E-state index is 5.11. The van der Waals surface area contributed by atoms with Gasteiger partial charge in [0, 0.05) is 30.2 Å². The SMILES string of the molecule is CCCCCN(CCCCC)C(=S)S.[Cu]. The van der Waals surface area contributed by atoms with E-state index in [1.807, 2.05) is 0 Å². The Morgan fingerprint density at radius 1 is 1.00 bits per heavy atom. The maximum atomic E-state index is 5.11. The Morgan fingerprint density at radius 2 is 1.40 bits per heavy atom. The van der Waals surface area contributed by atoms with Gasteiger partial charge in [-0.15, -0.1) is 12.6 Å². The van der Waals surface area contributed by atoms with Crippen molar-refractivity contribution in [3.05, 3.63) is 0 Å². The van der Waals surface area contributed by atoms with E-state index >= 15 is 0 Å². The first-order valence-corrected chi connectivity index (χ1v) is 6.55. The first-order chi connectivity index (χ1) is 6.72. The largest absolute Gasteiger partial charge is 0.358 e. The van der Waals surface area contributed by atoms with Crippen LogP contribution in [0.15, 0.2) is 0 Å². The van der Waals surface area contributed by atoms with Crippen LogP contribution in [0.25, 0.3) is 0 Å². The number of hydrogen-bond acceptors (Lipinski definition) is 1. The van der Waals surface area contributed by atoms with Crippen molar-refractivity contribution in [2.75, 3.05) is 13.1 Å². The van der Waals surface area contributed by atoms with Crippen LogP contribution >= 0.6 is 24.8 Å². The Morgan fingerprint density at radius 3 is 1.67 bits per heavy atom. The summed E-state index contributed by atoms with van der Waals surface area (Å²) in [6.45, 7) is 6.61. The average Bonchev–Trinajstić information content (AvgIpc) is 2.15. The Labute approximate surface area is 116 Å². The molecule has 0 aromatic carbocycles. The topological polar surface area (TPSA) is 3.24 Å². The average molecular weight is 297 g/mol. The van der Waals surface area contributed by atoms with Crippen molar-refractivity contribution in [2.45, 2.75) is 52.4 Å². The molecular formula is C11H23CuNS2. The molecule has 1 radical (unpaired) electrons. The summed E-state index contributed by atoms with van der Waals surface area (Å²) in [5.41, 5.74) is 0. The summed E-state index contributed by atoms with van der Waals surface area (Å²) in [7, 11) is 0. The molecule has 0 aromatic heterocycles. The van der Waals surface area contributed by atoms with Gasteiger partial charge >= 0.3 is 0 Å². The van der Waals surface area contributed by atoms with E-state index in [-0.39, 0.29) is 17.1 Å². The molecule has 0 unspecified atom stereocenters. The van der Waals surface area contributed by atoms with Gasteiger partial charge in [-0.1, -0.05) is 51.7 Å². The molecule has 1 nitrogen and oxygen atoms in total. The van der Waals surface area contributed by atoms with Gasteiger partial charge in [-0.05, 0) is 12.8 Å². The number of rotatable bonds is 8. The molecule has 0 heterocycles. The van der Waals surface area contributed by atoms with Gasteiger partial charge in [0.25, 0.3) is 0 Å². The Hall–Kier alpha value is 0.759. The molecule has 0 aliphatic carbocycles. The van der Waals surface area contributed by atoms with Gasteiger partial charge in [-0.3, -0.25) is 0 Å². The minimum atomic E-state index is 0. The fraction of sp³-hybridized carbons (Fsp3) is 0.909. The monoisotopic (exact) mass is 296 g/mol. The third-order valence-corrected chi connectivity index (χ3v) is 2.87. The molecule has 0 aromatic rings. The standard InChI is InChI=1S/C11H23NS2.Cu/c1-3-5-7-9-12(11(13)14)10-8-6-4-2;/h3-10H2,1-2H3,(H,13,14);. The van der Waals surface area contributed by atoms with Crippen molar-refractivity contribution in [3.8, 4) is 0 Å². The minimum Gasteiger partial charge on any atom is -0.358 e. The van der Waals surface area contributed by atoms with E-state index in [9.17, 15) is 0 Å². The first-order valence-electron chi connectivity index (χ1n) is 5.70. The van der Waals surface area contributed by atoms with Gasteiger partial charge in [-0.25, -0.2) is 0 Å². The molecule has 0 rings (SSSR count). The molecule has 0 saturated carbocycles. The molecule has 0 bridgehead atoms. The van der Waals surface area contributed by atoms with Crippen LogP contribution in [0.4, 0.5) is 0 Å². The van der Waals surface area contributed by atoms with Crippen molar-refractivity contribution < 1.29 is 17.1 Å². The number of hydrogen-bond donors (Lipinski definition) is 1. The first kappa shape index (κ1) is 18.1. The van der Waals surface area contributed by atoms with Crippen LogP contribution in [0, 0.1) is 0 Å². The van der Waals surface area contributed by atoms with Gasteiger partial charge < -0.3 is 4.90 Å². The molecule has 0 spiro atoms. The van der Waals surface area contributed by atoms with E-state index in [0.29, 0.717) is 0 Å². The van der Waals surface area contributed by atoms with E-state index in [0.717, 1.165) is 17.4 Å². The zero-order valence-corrected chi connectivity index (χ0v) is 12.4. The molecule has 0 atom stereocenters. The van der Waals surface area contributed by atoms with E-state index in [1.165, 1.54) is 38.5 Å².